The number of rotatable bonds is 3. The van der Waals surface area contributed by atoms with Crippen LogP contribution in [0, 0.1) is 6.92 Å². The average Bonchev–Trinajstić information content (AvgIpc) is 2.94. The number of amides is 1. The highest BCUT2D eigenvalue weighted by molar-refractivity contribution is 7.08. The van der Waals surface area contributed by atoms with Gasteiger partial charge in [0.15, 0.2) is 0 Å². The van der Waals surface area contributed by atoms with Gasteiger partial charge in [0.1, 0.15) is 10.4 Å². The third-order valence-electron chi connectivity index (χ3n) is 3.56. The highest BCUT2D eigenvalue weighted by Gasteiger charge is 2.49. The molecule has 98 valence electrons. The van der Waals surface area contributed by atoms with Crippen LogP contribution >= 0.6 is 11.5 Å². The van der Waals surface area contributed by atoms with Crippen molar-refractivity contribution in [2.75, 3.05) is 6.54 Å². The smallest absolute Gasteiger partial charge is 0.329 e. The standard InChI is InChI=1S/C11H15N3O3S/c1-3-11(10(16)17)5-4-6-14(11)9(15)8-7(2)12-13-18-8/h3-6H2,1-2H3,(H,16,17). The second-order valence-corrected chi connectivity index (χ2v) is 5.19. The van der Waals surface area contributed by atoms with Crippen LogP contribution in [0.1, 0.15) is 41.6 Å². The molecule has 2 rings (SSSR count). The molecule has 1 saturated heterocycles. The molecule has 0 radical (unpaired) electrons. The number of carboxylic acids is 1. The van der Waals surface area contributed by atoms with E-state index >= 15 is 0 Å². The monoisotopic (exact) mass is 269 g/mol. The van der Waals surface area contributed by atoms with E-state index in [2.05, 4.69) is 9.59 Å². The van der Waals surface area contributed by atoms with Gasteiger partial charge in [0.05, 0.1) is 5.69 Å². The summed E-state index contributed by atoms with van der Waals surface area (Å²) in [6.07, 6.45) is 1.65. The van der Waals surface area contributed by atoms with E-state index in [1.54, 1.807) is 13.8 Å². The highest BCUT2D eigenvalue weighted by Crippen LogP contribution is 2.34. The summed E-state index contributed by atoms with van der Waals surface area (Å²) < 4.78 is 3.73. The molecule has 1 N–H and O–H groups in total. The lowest BCUT2D eigenvalue weighted by Gasteiger charge is -2.33. The molecule has 1 unspecified atom stereocenters. The van der Waals surface area contributed by atoms with Crippen molar-refractivity contribution in [2.24, 2.45) is 0 Å². The van der Waals surface area contributed by atoms with Crippen LogP contribution < -0.4 is 0 Å². The van der Waals surface area contributed by atoms with Crippen molar-refractivity contribution in [2.45, 2.75) is 38.6 Å². The van der Waals surface area contributed by atoms with E-state index in [0.29, 0.717) is 30.0 Å². The lowest BCUT2D eigenvalue weighted by atomic mass is 9.93. The van der Waals surface area contributed by atoms with Gasteiger partial charge in [-0.05, 0) is 37.7 Å². The number of hydrogen-bond acceptors (Lipinski definition) is 5. The van der Waals surface area contributed by atoms with Crippen LogP contribution in [0.3, 0.4) is 0 Å². The first kappa shape index (κ1) is 12.9. The summed E-state index contributed by atoms with van der Waals surface area (Å²) >= 11 is 1.02. The molecule has 0 bridgehead atoms. The van der Waals surface area contributed by atoms with Gasteiger partial charge in [0, 0.05) is 6.54 Å². The Hall–Kier alpha value is -1.50. The molecule has 1 aliphatic rings. The molecule has 2 heterocycles. The summed E-state index contributed by atoms with van der Waals surface area (Å²) in [6.45, 7) is 4.00. The predicted molar refractivity (Wildman–Crippen MR) is 65.6 cm³/mol. The van der Waals surface area contributed by atoms with Crippen molar-refractivity contribution in [3.8, 4) is 0 Å². The van der Waals surface area contributed by atoms with Gasteiger partial charge in [-0.15, -0.1) is 5.10 Å². The summed E-state index contributed by atoms with van der Waals surface area (Å²) in [5.74, 6) is -1.18. The van der Waals surface area contributed by atoms with Gasteiger partial charge in [-0.25, -0.2) is 4.79 Å². The van der Waals surface area contributed by atoms with E-state index in [0.717, 1.165) is 18.0 Å². The molecule has 0 aromatic carbocycles. The van der Waals surface area contributed by atoms with E-state index in [9.17, 15) is 14.7 Å². The normalized spacial score (nSPS) is 23.3. The quantitative estimate of drug-likeness (QED) is 0.894. The maximum Gasteiger partial charge on any atom is 0.329 e. The summed E-state index contributed by atoms with van der Waals surface area (Å²) in [5, 5.41) is 13.2. The molecule has 1 fully saturated rings. The summed E-state index contributed by atoms with van der Waals surface area (Å²) in [6, 6.07) is 0. The number of hydrogen-bond donors (Lipinski definition) is 1. The van der Waals surface area contributed by atoms with Crippen LogP contribution in [0.4, 0.5) is 0 Å². The fourth-order valence-electron chi connectivity index (χ4n) is 2.47. The second kappa shape index (κ2) is 4.64. The van der Waals surface area contributed by atoms with Crippen LogP contribution in [0.25, 0.3) is 0 Å². The van der Waals surface area contributed by atoms with Gasteiger partial charge >= 0.3 is 5.97 Å². The first-order chi connectivity index (χ1) is 8.53. The fourth-order valence-corrected chi connectivity index (χ4v) is 3.07. The molecule has 1 atom stereocenters. The topological polar surface area (TPSA) is 83.4 Å². The molecule has 1 aromatic rings. The van der Waals surface area contributed by atoms with Gasteiger partial charge < -0.3 is 10.0 Å². The van der Waals surface area contributed by atoms with E-state index in [1.165, 1.54) is 4.90 Å². The van der Waals surface area contributed by atoms with Crippen LogP contribution in [0.15, 0.2) is 0 Å². The number of aryl methyl sites for hydroxylation is 1. The summed E-state index contributed by atoms with van der Waals surface area (Å²) in [4.78, 5) is 25.8. The van der Waals surface area contributed by atoms with E-state index < -0.39 is 11.5 Å². The molecule has 0 aliphatic carbocycles. The zero-order valence-electron chi connectivity index (χ0n) is 10.3. The molecular formula is C11H15N3O3S. The van der Waals surface area contributed by atoms with Crippen molar-refractivity contribution in [1.29, 1.82) is 0 Å². The van der Waals surface area contributed by atoms with Gasteiger partial charge in [-0.1, -0.05) is 11.4 Å². The Morgan fingerprint density at radius 3 is 2.78 bits per heavy atom. The van der Waals surface area contributed by atoms with E-state index in [1.807, 2.05) is 0 Å². The molecule has 18 heavy (non-hydrogen) atoms. The Bertz CT molecular complexity index is 488. The molecule has 7 heteroatoms. The zero-order chi connectivity index (χ0) is 13.3. The summed E-state index contributed by atoms with van der Waals surface area (Å²) in [5.41, 5.74) is -0.500. The van der Waals surface area contributed by atoms with Crippen molar-refractivity contribution in [1.82, 2.24) is 14.5 Å². The van der Waals surface area contributed by atoms with Crippen molar-refractivity contribution < 1.29 is 14.7 Å². The Morgan fingerprint density at radius 1 is 1.56 bits per heavy atom. The minimum atomic E-state index is -1.06. The predicted octanol–water partition coefficient (Wildman–Crippen LogP) is 1.32. The van der Waals surface area contributed by atoms with Gasteiger partial charge in [-0.2, -0.15) is 0 Å². The molecule has 0 spiro atoms. The maximum atomic E-state index is 12.4. The first-order valence-corrected chi connectivity index (χ1v) is 6.64. The molecule has 1 aromatic heterocycles. The Kier molecular flexibility index (Phi) is 3.34. The Morgan fingerprint density at radius 2 is 2.28 bits per heavy atom. The fraction of sp³-hybridized carbons (Fsp3) is 0.636. The van der Waals surface area contributed by atoms with E-state index in [4.69, 9.17) is 0 Å². The molecule has 1 aliphatic heterocycles. The molecule has 6 nitrogen and oxygen atoms in total. The van der Waals surface area contributed by atoms with Crippen molar-refractivity contribution in [3.05, 3.63) is 10.6 Å². The van der Waals surface area contributed by atoms with Crippen molar-refractivity contribution >= 4 is 23.4 Å². The minimum Gasteiger partial charge on any atom is -0.479 e. The summed E-state index contributed by atoms with van der Waals surface area (Å²) in [7, 11) is 0. The van der Waals surface area contributed by atoms with Crippen LogP contribution in [-0.4, -0.2) is 43.6 Å². The first-order valence-electron chi connectivity index (χ1n) is 5.87. The maximum absolute atomic E-state index is 12.4. The van der Waals surface area contributed by atoms with Crippen LogP contribution in [0.2, 0.25) is 0 Å². The Labute approximate surface area is 109 Å². The number of nitrogens with zero attached hydrogens (tertiary/aromatic N) is 3. The third kappa shape index (κ3) is 1.78. The average molecular weight is 269 g/mol. The Balaban J connectivity index is 2.35. The number of aromatic nitrogens is 2. The molecule has 1 amide bonds. The third-order valence-corrected chi connectivity index (χ3v) is 4.38. The highest BCUT2D eigenvalue weighted by atomic mass is 32.1. The zero-order valence-corrected chi connectivity index (χ0v) is 11.2. The van der Waals surface area contributed by atoms with Crippen LogP contribution in [-0.2, 0) is 4.79 Å². The number of carbonyl (C=O) groups excluding carboxylic acids is 1. The number of carbonyl (C=O) groups is 2. The van der Waals surface area contributed by atoms with Crippen LogP contribution in [0.5, 0.6) is 0 Å². The lowest BCUT2D eigenvalue weighted by molar-refractivity contribution is -0.148. The van der Waals surface area contributed by atoms with Gasteiger partial charge in [-0.3, -0.25) is 4.79 Å². The number of likely N-dealkylation sites (tertiary alicyclic amines) is 1. The lowest BCUT2D eigenvalue weighted by Crippen LogP contribution is -2.52. The molecule has 0 saturated carbocycles. The second-order valence-electron chi connectivity index (χ2n) is 4.44. The minimum absolute atomic E-state index is 0.260. The number of aliphatic carboxylic acids is 1. The van der Waals surface area contributed by atoms with Gasteiger partial charge in [0.25, 0.3) is 5.91 Å². The van der Waals surface area contributed by atoms with E-state index in [-0.39, 0.29) is 5.91 Å². The SMILES string of the molecule is CCC1(C(=O)O)CCCN1C(=O)c1snnc1C. The number of carboxylic acid groups (broad SMARTS) is 1. The van der Waals surface area contributed by atoms with Gasteiger partial charge in [0.2, 0.25) is 0 Å². The molecular weight excluding hydrogens is 254 g/mol. The largest absolute Gasteiger partial charge is 0.479 e. The van der Waals surface area contributed by atoms with Crippen molar-refractivity contribution in [3.63, 3.8) is 0 Å².